The van der Waals surface area contributed by atoms with Crippen molar-refractivity contribution < 1.29 is 24.0 Å². The highest BCUT2D eigenvalue weighted by Crippen LogP contribution is 2.46. The standard InChI is InChI=1S/C51H46N2O5/c1-3-5-7-9-11-35(12-10-8-6-4-2)53-50(57)42-27-23-38-36-21-25-40-46-41(26-22-37(44(36)46)39-24-28-43(51(53)58)47(42)45(38)39)49(56)52(48(40)55)29-31-13-17-33(18-14-31)34-19-15-32(30-54)16-20-34/h13-28,30,35H,3-12,29H2,1-2H3. The zero-order valence-electron chi connectivity index (χ0n) is 33.1. The Kier molecular flexibility index (Phi) is 9.84. The first-order valence-corrected chi connectivity index (χ1v) is 20.9. The zero-order chi connectivity index (χ0) is 40.1. The molecule has 0 unspecified atom stereocenters. The molecule has 4 amide bonds. The van der Waals surface area contributed by atoms with E-state index in [1.807, 2.05) is 84.9 Å². The Hall–Kier alpha value is -6.21. The van der Waals surface area contributed by atoms with Gasteiger partial charge in [-0.1, -0.05) is 138 Å². The molecule has 0 aliphatic carbocycles. The number of imide groups is 2. The van der Waals surface area contributed by atoms with E-state index >= 15 is 0 Å². The minimum Gasteiger partial charge on any atom is -0.298 e. The molecule has 0 spiro atoms. The molecule has 7 aromatic carbocycles. The van der Waals surface area contributed by atoms with Gasteiger partial charge in [0.15, 0.2) is 0 Å². The molecule has 0 saturated heterocycles. The van der Waals surface area contributed by atoms with Crippen LogP contribution in [0.5, 0.6) is 0 Å². The summed E-state index contributed by atoms with van der Waals surface area (Å²) < 4.78 is 0. The molecule has 2 aliphatic heterocycles. The molecule has 7 heteroatoms. The lowest BCUT2D eigenvalue weighted by Gasteiger charge is -2.35. The van der Waals surface area contributed by atoms with Crippen molar-refractivity contribution >= 4 is 73.0 Å². The highest BCUT2D eigenvalue weighted by molar-refractivity contribution is 6.41. The quantitative estimate of drug-likeness (QED) is 0.0341. The lowest BCUT2D eigenvalue weighted by Crippen LogP contribution is -2.47. The highest BCUT2D eigenvalue weighted by Gasteiger charge is 2.39. The summed E-state index contributed by atoms with van der Waals surface area (Å²) in [6.45, 7) is 4.50. The van der Waals surface area contributed by atoms with E-state index in [-0.39, 0.29) is 36.2 Å². The number of nitrogens with zero attached hydrogens (tertiary/aromatic N) is 2. The van der Waals surface area contributed by atoms with Crippen LogP contribution in [-0.2, 0) is 6.54 Å². The fourth-order valence-corrected chi connectivity index (χ4v) is 9.57. The number of benzene rings is 7. The van der Waals surface area contributed by atoms with Crippen LogP contribution in [0.25, 0.3) is 54.2 Å². The third-order valence-electron chi connectivity index (χ3n) is 12.6. The molecule has 0 fully saturated rings. The topological polar surface area (TPSA) is 91.8 Å². The van der Waals surface area contributed by atoms with Crippen LogP contribution in [-0.4, -0.2) is 45.8 Å². The molecule has 0 N–H and O–H groups in total. The fourth-order valence-electron chi connectivity index (χ4n) is 9.57. The van der Waals surface area contributed by atoms with Crippen molar-refractivity contribution in [2.75, 3.05) is 0 Å². The van der Waals surface area contributed by atoms with E-state index in [1.165, 1.54) is 4.90 Å². The van der Waals surface area contributed by atoms with Crippen LogP contribution in [0.15, 0.2) is 97.1 Å². The minimum atomic E-state index is -0.346. The van der Waals surface area contributed by atoms with Crippen molar-refractivity contribution in [1.82, 2.24) is 9.80 Å². The summed E-state index contributed by atoms with van der Waals surface area (Å²) in [5.41, 5.74) is 5.42. The van der Waals surface area contributed by atoms with Crippen LogP contribution >= 0.6 is 0 Å². The first-order chi connectivity index (χ1) is 28.3. The second-order valence-electron chi connectivity index (χ2n) is 16.1. The Balaban J connectivity index is 1.08. The summed E-state index contributed by atoms with van der Waals surface area (Å²) in [7, 11) is 0. The lowest BCUT2D eigenvalue weighted by molar-refractivity contribution is 0.0514. The minimum absolute atomic E-state index is 0.123. The third kappa shape index (κ3) is 6.07. The van der Waals surface area contributed by atoms with Gasteiger partial charge in [-0.15, -0.1) is 0 Å². The van der Waals surface area contributed by atoms with E-state index in [4.69, 9.17) is 0 Å². The van der Waals surface area contributed by atoms with Crippen molar-refractivity contribution in [3.05, 3.63) is 130 Å². The van der Waals surface area contributed by atoms with Gasteiger partial charge in [0.05, 0.1) is 6.54 Å². The fraction of sp³-hybridized carbons (Fsp3) is 0.275. The monoisotopic (exact) mass is 766 g/mol. The predicted molar refractivity (Wildman–Crippen MR) is 231 cm³/mol. The summed E-state index contributed by atoms with van der Waals surface area (Å²) in [5, 5.41) is 6.58. The van der Waals surface area contributed by atoms with Crippen molar-refractivity contribution in [2.45, 2.75) is 90.6 Å². The summed E-state index contributed by atoms with van der Waals surface area (Å²) in [6.07, 6.45) is 11.2. The summed E-state index contributed by atoms with van der Waals surface area (Å²) in [5.74, 6) is -1.12. The largest absolute Gasteiger partial charge is 0.298 e. The van der Waals surface area contributed by atoms with E-state index in [1.54, 1.807) is 17.0 Å². The molecular formula is C51H46N2O5. The van der Waals surface area contributed by atoms with Crippen LogP contribution in [0.4, 0.5) is 0 Å². The SMILES string of the molecule is CCCCCCC(CCCCCC)N1C(=O)c2ccc3c4ccc5c6c(ccc(c7ccc(c2c37)C1=O)c64)C(=O)N(Cc1ccc(-c2ccc(C=O)cc2)cc1)C5=O. The van der Waals surface area contributed by atoms with E-state index in [0.717, 1.165) is 120 Å². The number of fused-ring (bicyclic) bond motifs is 2. The number of amides is 4. The average molecular weight is 767 g/mol. The number of hydrogen-bond acceptors (Lipinski definition) is 5. The number of unbranched alkanes of at least 4 members (excludes halogenated alkanes) is 6. The van der Waals surface area contributed by atoms with E-state index in [2.05, 4.69) is 13.8 Å². The first-order valence-electron chi connectivity index (χ1n) is 20.9. The molecule has 2 aliphatic rings. The molecule has 0 saturated carbocycles. The van der Waals surface area contributed by atoms with Gasteiger partial charge in [-0.25, -0.2) is 0 Å². The number of carbonyl (C=O) groups excluding carboxylic acids is 5. The van der Waals surface area contributed by atoms with Gasteiger partial charge in [-0.05, 0) is 86.1 Å². The third-order valence-corrected chi connectivity index (χ3v) is 12.6. The Morgan fingerprint density at radius 3 is 1.29 bits per heavy atom. The van der Waals surface area contributed by atoms with Gasteiger partial charge in [0, 0.05) is 44.6 Å². The van der Waals surface area contributed by atoms with Gasteiger partial charge in [-0.3, -0.25) is 33.8 Å². The van der Waals surface area contributed by atoms with Crippen LogP contribution < -0.4 is 0 Å². The van der Waals surface area contributed by atoms with Gasteiger partial charge in [0.25, 0.3) is 23.6 Å². The normalized spacial score (nSPS) is 14.1. The number of hydrogen-bond donors (Lipinski definition) is 0. The van der Waals surface area contributed by atoms with E-state index in [9.17, 15) is 24.0 Å². The van der Waals surface area contributed by atoms with Crippen LogP contribution in [0.1, 0.15) is 135 Å². The number of rotatable bonds is 15. The second-order valence-corrected chi connectivity index (χ2v) is 16.1. The Morgan fingerprint density at radius 1 is 0.466 bits per heavy atom. The molecule has 7 nitrogen and oxygen atoms in total. The van der Waals surface area contributed by atoms with Gasteiger partial charge < -0.3 is 0 Å². The molecule has 7 aromatic rings. The van der Waals surface area contributed by atoms with Gasteiger partial charge in [0.2, 0.25) is 0 Å². The first kappa shape index (κ1) is 37.4. The zero-order valence-corrected chi connectivity index (χ0v) is 33.1. The maximum Gasteiger partial charge on any atom is 0.261 e. The summed E-state index contributed by atoms with van der Waals surface area (Å²) in [4.78, 5) is 71.4. The van der Waals surface area contributed by atoms with Crippen LogP contribution in [0, 0.1) is 0 Å². The van der Waals surface area contributed by atoms with E-state index < -0.39 is 0 Å². The molecule has 9 rings (SSSR count). The van der Waals surface area contributed by atoms with Crippen molar-refractivity contribution in [1.29, 1.82) is 0 Å². The van der Waals surface area contributed by atoms with Crippen molar-refractivity contribution in [3.8, 4) is 11.1 Å². The van der Waals surface area contributed by atoms with Gasteiger partial charge in [0.1, 0.15) is 6.29 Å². The Labute approximate surface area is 338 Å². The lowest BCUT2D eigenvalue weighted by atomic mass is 9.82. The Morgan fingerprint density at radius 2 is 0.879 bits per heavy atom. The van der Waals surface area contributed by atoms with Crippen molar-refractivity contribution in [3.63, 3.8) is 0 Å². The second kappa shape index (κ2) is 15.3. The molecule has 0 radical (unpaired) electrons. The molecule has 2 heterocycles. The smallest absolute Gasteiger partial charge is 0.261 e. The predicted octanol–water partition coefficient (Wildman–Crippen LogP) is 11.9. The van der Waals surface area contributed by atoms with Gasteiger partial charge >= 0.3 is 0 Å². The molecule has 58 heavy (non-hydrogen) atoms. The highest BCUT2D eigenvalue weighted by atomic mass is 16.2. The van der Waals surface area contributed by atoms with E-state index in [0.29, 0.717) is 38.6 Å². The maximum absolute atomic E-state index is 14.5. The number of carbonyl (C=O) groups is 5. The average Bonchev–Trinajstić information content (AvgIpc) is 3.25. The molecule has 0 atom stereocenters. The molecule has 0 bridgehead atoms. The molecule has 0 aromatic heterocycles. The Bertz CT molecular complexity index is 2650. The maximum atomic E-state index is 14.5. The molecular weight excluding hydrogens is 721 g/mol. The number of aldehydes is 1. The molecule has 290 valence electrons. The summed E-state index contributed by atoms with van der Waals surface area (Å²) >= 11 is 0. The van der Waals surface area contributed by atoms with Gasteiger partial charge in [-0.2, -0.15) is 0 Å². The van der Waals surface area contributed by atoms with Crippen LogP contribution in [0.3, 0.4) is 0 Å². The summed E-state index contributed by atoms with van der Waals surface area (Å²) in [6, 6.07) is 30.2. The van der Waals surface area contributed by atoms with Crippen molar-refractivity contribution in [2.24, 2.45) is 0 Å². The van der Waals surface area contributed by atoms with Crippen LogP contribution in [0.2, 0.25) is 0 Å².